The first kappa shape index (κ1) is 20.3. The largest absolute Gasteiger partial charge is 0.454 e. The van der Waals surface area contributed by atoms with Crippen molar-refractivity contribution in [3.63, 3.8) is 0 Å². The molecular formula is C26H24N2O4. The molecule has 2 amide bonds. The summed E-state index contributed by atoms with van der Waals surface area (Å²) in [6.07, 6.45) is 0.166. The van der Waals surface area contributed by atoms with Crippen molar-refractivity contribution >= 4 is 11.8 Å². The monoisotopic (exact) mass is 428 g/mol. The number of ether oxygens (including phenoxy) is 2. The molecule has 6 heteroatoms. The number of carbonyl (C=O) groups excluding carboxylic acids is 2. The predicted octanol–water partition coefficient (Wildman–Crippen LogP) is 3.46. The first-order valence-corrected chi connectivity index (χ1v) is 10.7. The van der Waals surface area contributed by atoms with Gasteiger partial charge < -0.3 is 14.8 Å². The van der Waals surface area contributed by atoms with E-state index in [4.69, 9.17) is 9.47 Å². The van der Waals surface area contributed by atoms with Crippen molar-refractivity contribution in [2.75, 3.05) is 13.3 Å². The summed E-state index contributed by atoms with van der Waals surface area (Å²) in [5, 5.41) is 3.24. The number of imide groups is 1. The smallest absolute Gasteiger partial charge is 0.246 e. The summed E-state index contributed by atoms with van der Waals surface area (Å²) in [4.78, 5) is 27.3. The lowest BCUT2D eigenvalue weighted by molar-refractivity contribution is -0.139. The summed E-state index contributed by atoms with van der Waals surface area (Å²) in [5.41, 5.74) is 3.13. The number of nitrogens with zero attached hydrogens (tertiary/aromatic N) is 1. The molecule has 0 aliphatic carbocycles. The molecule has 6 nitrogen and oxygen atoms in total. The van der Waals surface area contributed by atoms with Crippen molar-refractivity contribution in [3.8, 4) is 11.5 Å². The molecule has 0 aromatic heterocycles. The molecule has 1 fully saturated rings. The normalized spacial score (nSPS) is 17.4. The van der Waals surface area contributed by atoms with E-state index in [-0.39, 0.29) is 30.9 Å². The van der Waals surface area contributed by atoms with Crippen LogP contribution in [0.2, 0.25) is 0 Å². The van der Waals surface area contributed by atoms with Gasteiger partial charge in [-0.3, -0.25) is 14.5 Å². The number of fused-ring (bicyclic) bond motifs is 1. The number of nitrogens with one attached hydrogen (secondary N) is 1. The van der Waals surface area contributed by atoms with E-state index in [1.54, 1.807) is 0 Å². The molecule has 0 radical (unpaired) electrons. The fraction of sp³-hybridized carbons (Fsp3) is 0.231. The summed E-state index contributed by atoms with van der Waals surface area (Å²) in [6.45, 7) is 1.02. The average Bonchev–Trinajstić information content (AvgIpc) is 3.41. The minimum Gasteiger partial charge on any atom is -0.454 e. The Kier molecular flexibility index (Phi) is 5.60. The highest BCUT2D eigenvalue weighted by atomic mass is 16.7. The van der Waals surface area contributed by atoms with E-state index in [1.165, 1.54) is 4.90 Å². The van der Waals surface area contributed by atoms with Gasteiger partial charge in [0.05, 0.1) is 12.5 Å². The lowest BCUT2D eigenvalue weighted by Crippen LogP contribution is -2.40. The van der Waals surface area contributed by atoms with Crippen molar-refractivity contribution in [1.29, 1.82) is 0 Å². The van der Waals surface area contributed by atoms with Gasteiger partial charge in [-0.05, 0) is 28.8 Å². The molecule has 2 aliphatic rings. The van der Waals surface area contributed by atoms with E-state index < -0.39 is 6.04 Å². The Hall–Kier alpha value is -3.64. The number of hydrogen-bond donors (Lipinski definition) is 1. The van der Waals surface area contributed by atoms with Crippen LogP contribution in [0.3, 0.4) is 0 Å². The van der Waals surface area contributed by atoms with Crippen molar-refractivity contribution in [2.45, 2.75) is 24.9 Å². The third kappa shape index (κ3) is 4.09. The number of carbonyl (C=O) groups is 2. The van der Waals surface area contributed by atoms with E-state index in [1.807, 2.05) is 78.9 Å². The van der Waals surface area contributed by atoms with E-state index >= 15 is 0 Å². The molecule has 1 atom stereocenters. The van der Waals surface area contributed by atoms with Crippen LogP contribution in [0.25, 0.3) is 0 Å². The Morgan fingerprint density at radius 3 is 2.22 bits per heavy atom. The summed E-state index contributed by atoms with van der Waals surface area (Å²) in [7, 11) is 0. The summed E-state index contributed by atoms with van der Waals surface area (Å²) in [5.74, 6) is 1.04. The molecule has 0 spiro atoms. The molecule has 3 aromatic rings. The van der Waals surface area contributed by atoms with Crippen LogP contribution in [0, 0.1) is 0 Å². The maximum atomic E-state index is 13.1. The summed E-state index contributed by atoms with van der Waals surface area (Å²) < 4.78 is 10.8. The molecule has 1 saturated heterocycles. The zero-order valence-corrected chi connectivity index (χ0v) is 17.6. The Morgan fingerprint density at radius 2 is 1.53 bits per heavy atom. The number of amides is 2. The van der Waals surface area contributed by atoms with Crippen LogP contribution in [0.15, 0.2) is 78.9 Å². The first-order valence-electron chi connectivity index (χ1n) is 10.7. The molecule has 0 bridgehead atoms. The quantitative estimate of drug-likeness (QED) is 0.584. The van der Waals surface area contributed by atoms with Crippen LogP contribution in [0.4, 0.5) is 0 Å². The second-order valence-electron chi connectivity index (χ2n) is 8.04. The zero-order chi connectivity index (χ0) is 21.9. The van der Waals surface area contributed by atoms with Crippen LogP contribution < -0.4 is 14.8 Å². The Morgan fingerprint density at radius 1 is 0.875 bits per heavy atom. The molecule has 0 saturated carbocycles. The summed E-state index contributed by atoms with van der Waals surface area (Å²) in [6, 6.07) is 25.2. The van der Waals surface area contributed by atoms with Crippen molar-refractivity contribution in [2.24, 2.45) is 0 Å². The SMILES string of the molecule is O=C1CC(NCc2ccc3c(c2)OCO3)C(=O)N1CC(c1ccccc1)c1ccccc1. The predicted molar refractivity (Wildman–Crippen MR) is 119 cm³/mol. The summed E-state index contributed by atoms with van der Waals surface area (Å²) >= 11 is 0. The molecule has 2 heterocycles. The van der Waals surface area contributed by atoms with Crippen molar-refractivity contribution in [1.82, 2.24) is 10.2 Å². The van der Waals surface area contributed by atoms with Gasteiger partial charge in [0.15, 0.2) is 11.5 Å². The molecule has 3 aromatic carbocycles. The van der Waals surface area contributed by atoms with Gasteiger partial charge in [-0.15, -0.1) is 0 Å². The van der Waals surface area contributed by atoms with Gasteiger partial charge >= 0.3 is 0 Å². The fourth-order valence-electron chi connectivity index (χ4n) is 4.28. The first-order chi connectivity index (χ1) is 15.7. The van der Waals surface area contributed by atoms with Gasteiger partial charge in [0.1, 0.15) is 0 Å². The van der Waals surface area contributed by atoms with Crippen molar-refractivity contribution < 1.29 is 19.1 Å². The van der Waals surface area contributed by atoms with Gasteiger partial charge in [-0.25, -0.2) is 0 Å². The maximum Gasteiger partial charge on any atom is 0.246 e. The molecular weight excluding hydrogens is 404 g/mol. The topological polar surface area (TPSA) is 67.9 Å². The van der Waals surface area contributed by atoms with Crippen LogP contribution in [0.1, 0.15) is 29.0 Å². The van der Waals surface area contributed by atoms with E-state index in [2.05, 4.69) is 5.32 Å². The third-order valence-electron chi connectivity index (χ3n) is 6.00. The average molecular weight is 428 g/mol. The number of benzene rings is 3. The highest BCUT2D eigenvalue weighted by Crippen LogP contribution is 2.33. The van der Waals surface area contributed by atoms with E-state index in [9.17, 15) is 9.59 Å². The molecule has 1 unspecified atom stereocenters. The standard InChI is InChI=1S/C26H24N2O4/c29-25-14-22(27-15-18-11-12-23-24(13-18)32-17-31-23)26(30)28(25)16-21(19-7-3-1-4-8-19)20-9-5-2-6-10-20/h1-13,21-22,27H,14-17H2. The van der Waals surface area contributed by atoms with Crippen LogP contribution in [-0.2, 0) is 16.1 Å². The second kappa shape index (κ2) is 8.85. The molecule has 5 rings (SSSR count). The van der Waals surface area contributed by atoms with Crippen LogP contribution in [0.5, 0.6) is 11.5 Å². The second-order valence-corrected chi connectivity index (χ2v) is 8.04. The van der Waals surface area contributed by atoms with Crippen molar-refractivity contribution in [3.05, 3.63) is 95.6 Å². The fourth-order valence-corrected chi connectivity index (χ4v) is 4.28. The molecule has 1 N–H and O–H groups in total. The lowest BCUT2D eigenvalue weighted by Gasteiger charge is -2.24. The van der Waals surface area contributed by atoms with Gasteiger partial charge in [0, 0.05) is 19.0 Å². The van der Waals surface area contributed by atoms with Crippen LogP contribution >= 0.6 is 0 Å². The number of hydrogen-bond acceptors (Lipinski definition) is 5. The third-order valence-corrected chi connectivity index (χ3v) is 6.00. The zero-order valence-electron chi connectivity index (χ0n) is 17.6. The molecule has 162 valence electrons. The van der Waals surface area contributed by atoms with Gasteiger partial charge in [0.25, 0.3) is 0 Å². The minimum atomic E-state index is -0.528. The van der Waals surface area contributed by atoms with Gasteiger partial charge in [-0.2, -0.15) is 0 Å². The Bertz CT molecular complexity index is 1080. The number of likely N-dealkylation sites (tertiary alicyclic amines) is 1. The van der Waals surface area contributed by atoms with Gasteiger partial charge in [0.2, 0.25) is 18.6 Å². The lowest BCUT2D eigenvalue weighted by atomic mass is 9.91. The van der Waals surface area contributed by atoms with E-state index in [0.717, 1.165) is 22.4 Å². The highest BCUT2D eigenvalue weighted by Gasteiger charge is 2.39. The highest BCUT2D eigenvalue weighted by molar-refractivity contribution is 6.05. The maximum absolute atomic E-state index is 13.1. The van der Waals surface area contributed by atoms with Crippen LogP contribution in [-0.4, -0.2) is 36.1 Å². The Labute approximate surface area is 186 Å². The molecule has 32 heavy (non-hydrogen) atoms. The van der Waals surface area contributed by atoms with E-state index in [0.29, 0.717) is 18.8 Å². The van der Waals surface area contributed by atoms with Gasteiger partial charge in [-0.1, -0.05) is 66.7 Å². The Balaban J connectivity index is 1.29. The number of rotatable bonds is 7. The minimum absolute atomic E-state index is 0.0714. The molecule has 2 aliphatic heterocycles.